The number of hydrogen-bond acceptors (Lipinski definition) is 6. The van der Waals surface area contributed by atoms with Crippen molar-refractivity contribution in [1.29, 1.82) is 0 Å². The quantitative estimate of drug-likeness (QED) is 0.644. The molecule has 1 unspecified atom stereocenters. The second-order valence-electron chi connectivity index (χ2n) is 7.88. The van der Waals surface area contributed by atoms with Gasteiger partial charge < -0.3 is 10.1 Å². The van der Waals surface area contributed by atoms with Gasteiger partial charge in [0.2, 0.25) is 10.0 Å². The summed E-state index contributed by atoms with van der Waals surface area (Å²) in [5.41, 5.74) is 2.63. The van der Waals surface area contributed by atoms with Crippen LogP contribution in [0.4, 0.5) is 11.4 Å². The minimum absolute atomic E-state index is 0.0306. The van der Waals surface area contributed by atoms with E-state index < -0.39 is 22.0 Å². The van der Waals surface area contributed by atoms with Gasteiger partial charge in [-0.2, -0.15) is 0 Å². The first-order chi connectivity index (χ1) is 14.5. The Morgan fingerprint density at radius 3 is 2.65 bits per heavy atom. The first-order valence-corrected chi connectivity index (χ1v) is 12.4. The summed E-state index contributed by atoms with van der Waals surface area (Å²) in [5, 5.41) is 2.79. The zero-order valence-corrected chi connectivity index (χ0v) is 19.2. The molecule has 0 aliphatic carbocycles. The number of amides is 1. The fourth-order valence-corrected chi connectivity index (χ4v) is 5.60. The molecule has 4 rings (SSSR count). The number of anilines is 2. The Hall–Kier alpha value is -2.85. The van der Waals surface area contributed by atoms with E-state index in [0.29, 0.717) is 17.1 Å². The van der Waals surface area contributed by atoms with Crippen molar-refractivity contribution in [2.24, 2.45) is 0 Å². The van der Waals surface area contributed by atoms with Crippen LogP contribution in [0.25, 0.3) is 10.2 Å². The number of ether oxygens (including phenoxy) is 1. The molecule has 1 amide bonds. The van der Waals surface area contributed by atoms with Gasteiger partial charge in [-0.05, 0) is 56.7 Å². The van der Waals surface area contributed by atoms with Gasteiger partial charge in [0, 0.05) is 11.7 Å². The van der Waals surface area contributed by atoms with E-state index in [4.69, 9.17) is 4.74 Å². The molecule has 2 aromatic carbocycles. The maximum Gasteiger partial charge on any atom is 0.308 e. The van der Waals surface area contributed by atoms with Gasteiger partial charge in [-0.3, -0.25) is 18.5 Å². The van der Waals surface area contributed by atoms with Crippen molar-refractivity contribution >= 4 is 48.9 Å². The monoisotopic (exact) mass is 461 g/mol. The largest absolute Gasteiger partial charge is 0.476 e. The third-order valence-electron chi connectivity index (χ3n) is 5.07. The number of nitrogens with zero attached hydrogens (tertiary/aromatic N) is 2. The highest BCUT2D eigenvalue weighted by Crippen LogP contribution is 2.36. The number of sulfonamides is 1. The van der Waals surface area contributed by atoms with Crippen LogP contribution in [0.3, 0.4) is 0 Å². The van der Waals surface area contributed by atoms with E-state index >= 15 is 0 Å². The van der Waals surface area contributed by atoms with Gasteiger partial charge in [-0.25, -0.2) is 8.42 Å². The maximum atomic E-state index is 12.9. The molecule has 164 valence electrons. The molecule has 8 nitrogen and oxygen atoms in total. The molecule has 0 spiro atoms. The zero-order chi connectivity index (χ0) is 22.5. The summed E-state index contributed by atoms with van der Waals surface area (Å²) in [6, 6.07) is 10.5. The lowest BCUT2D eigenvalue weighted by molar-refractivity contribution is -0.122. The molecule has 1 aromatic heterocycles. The molecule has 0 radical (unpaired) electrons. The Bertz CT molecular complexity index is 1340. The highest BCUT2D eigenvalue weighted by atomic mass is 32.2. The lowest BCUT2D eigenvalue weighted by Gasteiger charge is -2.34. The standard InChI is InChI=1S/C21H23N3O5S2/c1-12(2)24-15-7-6-14(10-19(15)30-21(24)26)22-20(25)18-11-23(31(4,27)28)16-9-13(3)5-8-17(16)29-18/h5-10,12,18H,11H2,1-4H3,(H,22,25). The van der Waals surface area contributed by atoms with Crippen LogP contribution in [0.15, 0.2) is 41.2 Å². The molecule has 3 aromatic rings. The summed E-state index contributed by atoms with van der Waals surface area (Å²) in [6.45, 7) is 5.62. The normalized spacial score (nSPS) is 16.3. The molecule has 31 heavy (non-hydrogen) atoms. The van der Waals surface area contributed by atoms with Crippen molar-refractivity contribution in [1.82, 2.24) is 4.57 Å². The number of aryl methyl sites for hydroxylation is 1. The van der Waals surface area contributed by atoms with E-state index in [2.05, 4.69) is 5.32 Å². The van der Waals surface area contributed by atoms with Crippen LogP contribution < -0.4 is 19.2 Å². The van der Waals surface area contributed by atoms with Crippen LogP contribution in [0.2, 0.25) is 0 Å². The van der Waals surface area contributed by atoms with Crippen LogP contribution in [0.5, 0.6) is 5.75 Å². The van der Waals surface area contributed by atoms with Crippen molar-refractivity contribution in [3.05, 3.63) is 51.6 Å². The summed E-state index contributed by atoms with van der Waals surface area (Å²) < 4.78 is 34.1. The minimum Gasteiger partial charge on any atom is -0.476 e. The van der Waals surface area contributed by atoms with Crippen LogP contribution in [0.1, 0.15) is 25.5 Å². The first-order valence-electron chi connectivity index (χ1n) is 9.75. The summed E-state index contributed by atoms with van der Waals surface area (Å²) in [5.74, 6) is -0.125. The SMILES string of the molecule is Cc1ccc2c(c1)N(S(C)(=O)=O)CC(C(=O)Nc1ccc3c(c1)sc(=O)n3C(C)C)O2. The Labute approximate surface area is 184 Å². The van der Waals surface area contributed by atoms with Crippen molar-refractivity contribution in [3.63, 3.8) is 0 Å². The fourth-order valence-electron chi connectivity index (χ4n) is 3.64. The van der Waals surface area contributed by atoms with E-state index in [1.165, 1.54) is 4.31 Å². The molecule has 2 heterocycles. The highest BCUT2D eigenvalue weighted by molar-refractivity contribution is 7.92. The molecule has 0 saturated carbocycles. The number of thiazole rings is 1. The fraction of sp³-hybridized carbons (Fsp3) is 0.333. The van der Waals surface area contributed by atoms with Crippen LogP contribution in [0, 0.1) is 6.92 Å². The van der Waals surface area contributed by atoms with Gasteiger partial charge in [-0.1, -0.05) is 17.4 Å². The molecule has 1 N–H and O–H groups in total. The number of hydrogen-bond donors (Lipinski definition) is 1. The first kappa shape index (κ1) is 21.4. The van der Waals surface area contributed by atoms with Crippen LogP contribution in [-0.4, -0.2) is 37.8 Å². The number of rotatable bonds is 4. The summed E-state index contributed by atoms with van der Waals surface area (Å²) in [7, 11) is -3.60. The van der Waals surface area contributed by atoms with E-state index in [0.717, 1.165) is 33.4 Å². The second kappa shape index (κ2) is 7.69. The Kier molecular flexibility index (Phi) is 5.30. The van der Waals surface area contributed by atoms with Gasteiger partial charge in [-0.15, -0.1) is 0 Å². The molecule has 1 aliphatic rings. The lowest BCUT2D eigenvalue weighted by atomic mass is 10.1. The van der Waals surface area contributed by atoms with Crippen molar-refractivity contribution in [2.75, 3.05) is 22.4 Å². The number of nitrogens with one attached hydrogen (secondary N) is 1. The van der Waals surface area contributed by atoms with E-state index in [9.17, 15) is 18.0 Å². The van der Waals surface area contributed by atoms with E-state index in [1.54, 1.807) is 41.0 Å². The van der Waals surface area contributed by atoms with Gasteiger partial charge in [0.15, 0.2) is 6.10 Å². The van der Waals surface area contributed by atoms with E-state index in [1.807, 2.05) is 20.8 Å². The Morgan fingerprint density at radius 1 is 1.23 bits per heavy atom. The molecule has 10 heteroatoms. The van der Waals surface area contributed by atoms with Crippen LogP contribution >= 0.6 is 11.3 Å². The molecule has 1 aliphatic heterocycles. The number of fused-ring (bicyclic) bond motifs is 2. The maximum absolute atomic E-state index is 12.9. The number of benzene rings is 2. The summed E-state index contributed by atoms with van der Waals surface area (Å²) in [6.07, 6.45) is 0.0915. The van der Waals surface area contributed by atoms with Crippen molar-refractivity contribution in [2.45, 2.75) is 32.9 Å². The third kappa shape index (κ3) is 4.05. The van der Waals surface area contributed by atoms with Crippen molar-refractivity contribution in [3.8, 4) is 5.75 Å². The lowest BCUT2D eigenvalue weighted by Crippen LogP contribution is -2.48. The smallest absolute Gasteiger partial charge is 0.308 e. The minimum atomic E-state index is -3.60. The average molecular weight is 462 g/mol. The Morgan fingerprint density at radius 2 is 1.97 bits per heavy atom. The predicted octanol–water partition coefficient (Wildman–Crippen LogP) is 3.12. The van der Waals surface area contributed by atoms with Crippen LogP contribution in [-0.2, 0) is 14.8 Å². The number of carbonyl (C=O) groups excluding carboxylic acids is 1. The third-order valence-corrected chi connectivity index (χ3v) is 7.14. The van der Waals surface area contributed by atoms with Gasteiger partial charge in [0.05, 0.1) is 28.7 Å². The van der Waals surface area contributed by atoms with Gasteiger partial charge in [0.1, 0.15) is 5.75 Å². The molecular formula is C21H23N3O5S2. The van der Waals surface area contributed by atoms with Crippen molar-refractivity contribution < 1.29 is 17.9 Å². The molecule has 1 atom stereocenters. The summed E-state index contributed by atoms with van der Waals surface area (Å²) >= 11 is 1.12. The van der Waals surface area contributed by atoms with E-state index in [-0.39, 0.29) is 17.5 Å². The highest BCUT2D eigenvalue weighted by Gasteiger charge is 2.35. The predicted molar refractivity (Wildman–Crippen MR) is 123 cm³/mol. The van der Waals surface area contributed by atoms with Gasteiger partial charge >= 0.3 is 4.87 Å². The molecular weight excluding hydrogens is 438 g/mol. The molecule has 0 bridgehead atoms. The average Bonchev–Trinajstić information content (AvgIpc) is 3.01. The number of aromatic nitrogens is 1. The topological polar surface area (TPSA) is 97.7 Å². The summed E-state index contributed by atoms with van der Waals surface area (Å²) in [4.78, 5) is 25.1. The van der Waals surface area contributed by atoms with Gasteiger partial charge in [0.25, 0.3) is 5.91 Å². The Balaban J connectivity index is 1.61. The zero-order valence-electron chi connectivity index (χ0n) is 17.6. The number of carbonyl (C=O) groups is 1. The second-order valence-corrected chi connectivity index (χ2v) is 10.8. The molecule has 0 fully saturated rings. The molecule has 0 saturated heterocycles.